The minimum absolute atomic E-state index is 0.0464. The van der Waals surface area contributed by atoms with Crippen molar-refractivity contribution in [3.63, 3.8) is 0 Å². The molecule has 1 aromatic heterocycles. The number of aromatic amines is 1. The topological polar surface area (TPSA) is 103 Å². The van der Waals surface area contributed by atoms with Gasteiger partial charge in [0.15, 0.2) is 11.6 Å². The Kier molecular flexibility index (Phi) is 4.85. The molecular weight excluding hydrogens is 405 g/mol. The summed E-state index contributed by atoms with van der Waals surface area (Å²) in [6, 6.07) is -0.182. The number of anilines is 1. The third kappa shape index (κ3) is 2.83. The largest absolute Gasteiger partial charge is 0.492 e. The van der Waals surface area contributed by atoms with Crippen LogP contribution < -0.4 is 26.6 Å². The molecule has 1 aromatic carbocycles. The van der Waals surface area contributed by atoms with Gasteiger partial charge in [-0.05, 0) is 19.8 Å². The van der Waals surface area contributed by atoms with Gasteiger partial charge in [-0.1, -0.05) is 0 Å². The van der Waals surface area contributed by atoms with Gasteiger partial charge in [-0.2, -0.15) is 0 Å². The van der Waals surface area contributed by atoms with Crippen LogP contribution in [0.4, 0.5) is 18.9 Å². The molecule has 2 aliphatic rings. The van der Waals surface area contributed by atoms with E-state index in [1.54, 1.807) is 0 Å². The van der Waals surface area contributed by atoms with Crippen molar-refractivity contribution in [3.05, 3.63) is 32.2 Å². The minimum Gasteiger partial charge on any atom is -0.492 e. The number of methoxy groups -OCH3 is 2. The fourth-order valence-corrected chi connectivity index (χ4v) is 4.40. The van der Waals surface area contributed by atoms with Crippen molar-refractivity contribution in [3.8, 4) is 5.75 Å². The van der Waals surface area contributed by atoms with Gasteiger partial charge in [0, 0.05) is 25.3 Å². The molecule has 2 unspecified atom stereocenters. The number of benzene rings is 1. The average molecular weight is 428 g/mol. The van der Waals surface area contributed by atoms with E-state index in [1.165, 1.54) is 25.7 Å². The summed E-state index contributed by atoms with van der Waals surface area (Å²) in [6.45, 7) is 0.154. The quantitative estimate of drug-likeness (QED) is 0.748. The van der Waals surface area contributed by atoms with E-state index in [-0.39, 0.29) is 40.5 Å². The summed E-state index contributed by atoms with van der Waals surface area (Å²) in [5.74, 6) is -5.65. The first-order valence-electron chi connectivity index (χ1n) is 9.59. The number of nitrogens with zero attached hydrogens (tertiary/aromatic N) is 2. The Bertz CT molecular complexity index is 1130. The van der Waals surface area contributed by atoms with Crippen LogP contribution in [0.15, 0.2) is 9.59 Å². The SMILES string of the molecule is COc1c(N2CC(F)(F)C(CN)C2OC)c(F)c(C)c2c(=O)[nH]c(=O)n(C3CC3)c12. The van der Waals surface area contributed by atoms with Gasteiger partial charge in [-0.15, -0.1) is 0 Å². The fraction of sp³-hybridized carbons (Fsp3) is 0.579. The molecule has 0 bridgehead atoms. The summed E-state index contributed by atoms with van der Waals surface area (Å²) in [6.07, 6.45) is 0.190. The van der Waals surface area contributed by atoms with Crippen LogP contribution in [0.5, 0.6) is 5.75 Å². The molecule has 0 spiro atoms. The average Bonchev–Trinajstić information content (AvgIpc) is 3.47. The second-order valence-corrected chi connectivity index (χ2v) is 7.76. The van der Waals surface area contributed by atoms with Crippen LogP contribution in [0.25, 0.3) is 10.9 Å². The molecule has 0 radical (unpaired) electrons. The van der Waals surface area contributed by atoms with Crippen molar-refractivity contribution >= 4 is 16.6 Å². The Morgan fingerprint density at radius 2 is 1.93 bits per heavy atom. The van der Waals surface area contributed by atoms with Crippen molar-refractivity contribution in [1.82, 2.24) is 9.55 Å². The van der Waals surface area contributed by atoms with E-state index >= 15 is 4.39 Å². The van der Waals surface area contributed by atoms with Crippen molar-refractivity contribution in [1.29, 1.82) is 0 Å². The standard InChI is InChI=1S/C19H23F3N4O4/c1-8-11-13(26(9-4-5-9)18(28)24-16(11)27)15(29-2)14(12(8)20)25-7-19(21,22)10(6-23)17(25)30-3/h9-10,17H,4-7,23H2,1-3H3,(H,24,27,28). The van der Waals surface area contributed by atoms with E-state index in [4.69, 9.17) is 15.2 Å². The first-order valence-corrected chi connectivity index (χ1v) is 9.59. The van der Waals surface area contributed by atoms with E-state index in [2.05, 4.69) is 4.98 Å². The molecule has 1 aliphatic heterocycles. The number of nitrogens with one attached hydrogen (secondary N) is 1. The highest BCUT2D eigenvalue weighted by molar-refractivity contribution is 5.94. The number of ether oxygens (including phenoxy) is 2. The van der Waals surface area contributed by atoms with Gasteiger partial charge in [0.2, 0.25) is 0 Å². The van der Waals surface area contributed by atoms with Gasteiger partial charge in [0.25, 0.3) is 11.5 Å². The summed E-state index contributed by atoms with van der Waals surface area (Å²) in [5, 5.41) is -0.0464. The van der Waals surface area contributed by atoms with E-state index in [0.717, 1.165) is 4.90 Å². The number of fused-ring (bicyclic) bond motifs is 1. The van der Waals surface area contributed by atoms with Gasteiger partial charge < -0.3 is 20.1 Å². The van der Waals surface area contributed by atoms with E-state index in [1.807, 2.05) is 0 Å². The molecule has 2 aromatic rings. The third-order valence-corrected chi connectivity index (χ3v) is 5.96. The second-order valence-electron chi connectivity index (χ2n) is 7.76. The highest BCUT2D eigenvalue weighted by Crippen LogP contribution is 2.48. The molecule has 0 amide bonds. The zero-order valence-corrected chi connectivity index (χ0v) is 16.8. The van der Waals surface area contributed by atoms with Crippen molar-refractivity contribution in [2.75, 3.05) is 32.2 Å². The summed E-state index contributed by atoms with van der Waals surface area (Å²) in [7, 11) is 2.48. The van der Waals surface area contributed by atoms with Crippen LogP contribution in [0.3, 0.4) is 0 Å². The molecule has 1 saturated heterocycles. The van der Waals surface area contributed by atoms with E-state index in [9.17, 15) is 18.4 Å². The van der Waals surface area contributed by atoms with E-state index < -0.39 is 41.7 Å². The number of hydrogen-bond donors (Lipinski definition) is 2. The predicted molar refractivity (Wildman–Crippen MR) is 104 cm³/mol. The van der Waals surface area contributed by atoms with Crippen molar-refractivity contribution in [2.45, 2.75) is 38.0 Å². The van der Waals surface area contributed by atoms with Gasteiger partial charge in [-0.3, -0.25) is 14.3 Å². The number of halogens is 3. The number of alkyl halides is 2. The zero-order valence-electron chi connectivity index (χ0n) is 16.8. The number of H-pyrrole nitrogens is 1. The number of hydrogen-bond acceptors (Lipinski definition) is 6. The number of rotatable bonds is 5. The van der Waals surface area contributed by atoms with Crippen molar-refractivity contribution in [2.24, 2.45) is 11.7 Å². The highest BCUT2D eigenvalue weighted by Gasteiger charge is 2.55. The maximum atomic E-state index is 15.6. The lowest BCUT2D eigenvalue weighted by Gasteiger charge is -2.30. The molecule has 8 nitrogen and oxygen atoms in total. The third-order valence-electron chi connectivity index (χ3n) is 5.96. The smallest absolute Gasteiger partial charge is 0.329 e. The monoisotopic (exact) mass is 428 g/mol. The second kappa shape index (κ2) is 7.02. The fourth-order valence-electron chi connectivity index (χ4n) is 4.40. The Morgan fingerprint density at radius 1 is 1.27 bits per heavy atom. The van der Waals surface area contributed by atoms with E-state index in [0.29, 0.717) is 12.8 Å². The van der Waals surface area contributed by atoms with Crippen LogP contribution >= 0.6 is 0 Å². The highest BCUT2D eigenvalue weighted by atomic mass is 19.3. The van der Waals surface area contributed by atoms with Crippen LogP contribution in [-0.2, 0) is 4.74 Å². The maximum Gasteiger partial charge on any atom is 0.329 e. The molecule has 1 aliphatic carbocycles. The zero-order chi connectivity index (χ0) is 22.0. The first kappa shape index (κ1) is 20.7. The molecule has 11 heteroatoms. The molecule has 30 heavy (non-hydrogen) atoms. The Labute approximate surface area is 169 Å². The molecule has 4 rings (SSSR count). The van der Waals surface area contributed by atoms with Crippen LogP contribution in [0, 0.1) is 18.7 Å². The summed E-state index contributed by atoms with van der Waals surface area (Å²) in [5.41, 5.74) is 3.90. The lowest BCUT2D eigenvalue weighted by molar-refractivity contribution is -0.0563. The van der Waals surface area contributed by atoms with Gasteiger partial charge in [0.05, 0.1) is 25.0 Å². The minimum atomic E-state index is -3.24. The van der Waals surface area contributed by atoms with Crippen LogP contribution in [0.1, 0.15) is 24.4 Å². The summed E-state index contributed by atoms with van der Waals surface area (Å²) in [4.78, 5) is 28.3. The van der Waals surface area contributed by atoms with Crippen LogP contribution in [-0.4, -0.2) is 49.0 Å². The van der Waals surface area contributed by atoms with Gasteiger partial charge in [0.1, 0.15) is 17.4 Å². The molecule has 2 fully saturated rings. The molecular formula is C19H23F3N4O4. The Morgan fingerprint density at radius 3 is 2.47 bits per heavy atom. The Balaban J connectivity index is 2.09. The van der Waals surface area contributed by atoms with Gasteiger partial charge in [-0.25, -0.2) is 18.0 Å². The van der Waals surface area contributed by atoms with Gasteiger partial charge >= 0.3 is 5.69 Å². The number of aromatic nitrogens is 2. The predicted octanol–water partition coefficient (Wildman–Crippen LogP) is 1.48. The van der Waals surface area contributed by atoms with Crippen LogP contribution in [0.2, 0.25) is 0 Å². The van der Waals surface area contributed by atoms with Crippen molar-refractivity contribution < 1.29 is 22.6 Å². The molecule has 2 atom stereocenters. The summed E-state index contributed by atoms with van der Waals surface area (Å²) < 4.78 is 56.9. The molecule has 1 saturated carbocycles. The summed E-state index contributed by atoms with van der Waals surface area (Å²) >= 11 is 0. The molecule has 164 valence electrons. The lowest BCUT2D eigenvalue weighted by Crippen LogP contribution is -2.39. The number of nitrogens with two attached hydrogens (primary N) is 1. The molecule has 2 heterocycles. The normalized spacial score (nSPS) is 23.4. The Hall–Kier alpha value is -2.53. The number of aryl methyl sites for hydroxylation is 1. The lowest BCUT2D eigenvalue weighted by atomic mass is 10.0. The first-order chi connectivity index (χ1) is 14.2. The maximum absolute atomic E-state index is 15.6. The molecule has 3 N–H and O–H groups in total.